The van der Waals surface area contributed by atoms with Crippen LogP contribution in [0.25, 0.3) is 0 Å². The third-order valence-electron chi connectivity index (χ3n) is 9.68. The third-order valence-corrected chi connectivity index (χ3v) is 10.7. The van der Waals surface area contributed by atoms with Crippen LogP contribution in [0.3, 0.4) is 0 Å². The summed E-state index contributed by atoms with van der Waals surface area (Å²) in [4.78, 5) is 14.3. The SMILES string of the molecule is NS(=O)(=O)CCO[C@@H]1CCO[C@H]([C@@H]2CC[C@H]2CN2C[C@@]3(CCCc4cc(Cl)ccc43)COc3ccc(C(=O)O)cc32)C1. The maximum absolute atomic E-state index is 11.9. The van der Waals surface area contributed by atoms with E-state index in [1.807, 2.05) is 6.07 Å². The molecule has 1 spiro atoms. The van der Waals surface area contributed by atoms with E-state index in [4.69, 9.17) is 31.0 Å². The molecular formula is C31H39ClN2O7S. The summed E-state index contributed by atoms with van der Waals surface area (Å²) in [5, 5.41) is 15.7. The summed E-state index contributed by atoms with van der Waals surface area (Å²) in [5.41, 5.74) is 3.38. The molecule has 5 atom stereocenters. The van der Waals surface area contributed by atoms with Crippen LogP contribution in [0.1, 0.15) is 60.0 Å². The molecule has 0 radical (unpaired) electrons. The van der Waals surface area contributed by atoms with Crippen molar-refractivity contribution in [1.82, 2.24) is 0 Å². The number of nitrogens with two attached hydrogens (primary N) is 1. The third kappa shape index (κ3) is 6.28. The molecule has 2 fully saturated rings. The molecule has 9 nitrogen and oxygen atoms in total. The smallest absolute Gasteiger partial charge is 0.335 e. The van der Waals surface area contributed by atoms with Crippen LogP contribution in [-0.2, 0) is 31.3 Å². The summed E-state index contributed by atoms with van der Waals surface area (Å²) in [6.45, 7) is 2.69. The second-order valence-electron chi connectivity index (χ2n) is 12.4. The van der Waals surface area contributed by atoms with E-state index < -0.39 is 16.0 Å². The van der Waals surface area contributed by atoms with E-state index >= 15 is 0 Å². The number of carboxylic acid groups (broad SMARTS) is 1. The number of aromatic carboxylic acids is 1. The summed E-state index contributed by atoms with van der Waals surface area (Å²) in [5.74, 6) is 0.278. The van der Waals surface area contributed by atoms with Gasteiger partial charge in [0.2, 0.25) is 10.0 Å². The van der Waals surface area contributed by atoms with Gasteiger partial charge in [-0.15, -0.1) is 0 Å². The molecule has 228 valence electrons. The Balaban J connectivity index is 1.24. The zero-order valence-electron chi connectivity index (χ0n) is 23.7. The van der Waals surface area contributed by atoms with E-state index in [0.29, 0.717) is 30.8 Å². The molecule has 3 N–H and O–H groups in total. The number of primary sulfonamides is 1. The van der Waals surface area contributed by atoms with Crippen molar-refractivity contribution in [1.29, 1.82) is 0 Å². The van der Waals surface area contributed by atoms with Crippen molar-refractivity contribution in [2.75, 3.05) is 43.6 Å². The molecule has 2 aromatic rings. The van der Waals surface area contributed by atoms with Crippen LogP contribution in [0.4, 0.5) is 5.69 Å². The number of aryl methyl sites for hydroxylation is 1. The molecule has 2 heterocycles. The summed E-state index contributed by atoms with van der Waals surface area (Å²) in [6.07, 6.45) is 6.57. The molecular weight excluding hydrogens is 580 g/mol. The average Bonchev–Trinajstić information content (AvgIpc) is 3.07. The standard InChI is InChI=1S/C31H39ClN2O7S/c32-23-5-7-26-20(14-23)2-1-10-31(26)18-34(27-15-21(30(35)36)4-8-28(27)41-19-31)17-22-3-6-25(22)29-16-24(9-11-40-29)39-12-13-42(33,37)38/h4-5,7-8,14-15,22,24-25,29H,1-3,6,9-13,16-19H2,(H,35,36)(H2,33,37,38)/t22-,24+,25+,29-,31-/m0/s1. The van der Waals surface area contributed by atoms with Gasteiger partial charge in [0.25, 0.3) is 0 Å². The minimum absolute atomic E-state index is 0.0385. The van der Waals surface area contributed by atoms with Crippen molar-refractivity contribution in [3.63, 3.8) is 0 Å². The number of nitrogens with zero attached hydrogens (tertiary/aromatic N) is 1. The molecule has 1 saturated carbocycles. The van der Waals surface area contributed by atoms with E-state index in [1.54, 1.807) is 18.2 Å². The molecule has 0 amide bonds. The maximum atomic E-state index is 11.9. The minimum atomic E-state index is -3.56. The highest BCUT2D eigenvalue weighted by Gasteiger charge is 2.45. The normalized spacial score (nSPS) is 29.1. The molecule has 0 unspecified atom stereocenters. The van der Waals surface area contributed by atoms with Gasteiger partial charge in [-0.2, -0.15) is 0 Å². The highest BCUT2D eigenvalue weighted by molar-refractivity contribution is 7.89. The Hall–Kier alpha value is -2.37. The number of hydrogen-bond acceptors (Lipinski definition) is 7. The number of carbonyl (C=O) groups is 1. The van der Waals surface area contributed by atoms with Crippen LogP contribution in [0.15, 0.2) is 36.4 Å². The molecule has 0 bridgehead atoms. The average molecular weight is 619 g/mol. The molecule has 11 heteroatoms. The Morgan fingerprint density at radius 2 is 2.05 bits per heavy atom. The number of carboxylic acids is 1. The largest absolute Gasteiger partial charge is 0.490 e. The fourth-order valence-corrected chi connectivity index (χ4v) is 7.94. The lowest BCUT2D eigenvalue weighted by Gasteiger charge is -2.47. The van der Waals surface area contributed by atoms with Gasteiger partial charge in [-0.25, -0.2) is 18.4 Å². The lowest BCUT2D eigenvalue weighted by molar-refractivity contribution is -0.115. The van der Waals surface area contributed by atoms with Crippen molar-refractivity contribution in [2.45, 2.75) is 62.6 Å². The number of sulfonamides is 1. The first-order chi connectivity index (χ1) is 20.1. The van der Waals surface area contributed by atoms with E-state index in [1.165, 1.54) is 11.1 Å². The molecule has 2 aromatic carbocycles. The minimum Gasteiger partial charge on any atom is -0.490 e. The van der Waals surface area contributed by atoms with E-state index in [2.05, 4.69) is 17.0 Å². The fraction of sp³-hybridized carbons (Fsp3) is 0.581. The van der Waals surface area contributed by atoms with Gasteiger partial charge in [0.05, 0.1) is 42.4 Å². The van der Waals surface area contributed by atoms with Gasteiger partial charge in [-0.1, -0.05) is 17.7 Å². The first kappa shape index (κ1) is 29.7. The Morgan fingerprint density at radius 1 is 1.19 bits per heavy atom. The molecule has 2 aliphatic carbocycles. The van der Waals surface area contributed by atoms with Crippen molar-refractivity contribution < 1.29 is 32.5 Å². The molecule has 0 aromatic heterocycles. The zero-order chi connectivity index (χ0) is 29.5. The predicted octanol–water partition coefficient (Wildman–Crippen LogP) is 4.39. The van der Waals surface area contributed by atoms with Gasteiger partial charge in [0.1, 0.15) is 5.75 Å². The van der Waals surface area contributed by atoms with Crippen molar-refractivity contribution in [2.24, 2.45) is 17.0 Å². The lowest BCUT2D eigenvalue weighted by Crippen LogP contribution is -2.50. The summed E-state index contributed by atoms with van der Waals surface area (Å²) < 4.78 is 41.2. The number of fused-ring (bicyclic) bond motifs is 3. The first-order valence-corrected chi connectivity index (χ1v) is 17.0. The van der Waals surface area contributed by atoms with Crippen molar-refractivity contribution >= 4 is 33.3 Å². The summed E-state index contributed by atoms with van der Waals surface area (Å²) in [7, 11) is -3.56. The maximum Gasteiger partial charge on any atom is 0.335 e. The fourth-order valence-electron chi connectivity index (χ4n) is 7.42. The number of rotatable bonds is 8. The van der Waals surface area contributed by atoms with Crippen LogP contribution < -0.4 is 14.8 Å². The van der Waals surface area contributed by atoms with Gasteiger partial charge in [-0.3, -0.25) is 0 Å². The van der Waals surface area contributed by atoms with Crippen molar-refractivity contribution in [3.8, 4) is 5.75 Å². The van der Waals surface area contributed by atoms with Gasteiger partial charge < -0.3 is 24.2 Å². The van der Waals surface area contributed by atoms with Crippen LogP contribution in [0.2, 0.25) is 5.02 Å². The summed E-state index contributed by atoms with van der Waals surface area (Å²) >= 11 is 6.38. The lowest BCUT2D eigenvalue weighted by atomic mass is 9.67. The van der Waals surface area contributed by atoms with Gasteiger partial charge >= 0.3 is 5.97 Å². The van der Waals surface area contributed by atoms with Crippen LogP contribution >= 0.6 is 11.6 Å². The topological polar surface area (TPSA) is 128 Å². The Labute approximate surface area is 252 Å². The van der Waals surface area contributed by atoms with Crippen LogP contribution in [0, 0.1) is 11.8 Å². The second-order valence-corrected chi connectivity index (χ2v) is 14.6. The first-order valence-electron chi connectivity index (χ1n) is 14.9. The summed E-state index contributed by atoms with van der Waals surface area (Å²) in [6, 6.07) is 11.3. The number of benzene rings is 2. The van der Waals surface area contributed by atoms with E-state index in [0.717, 1.165) is 68.7 Å². The van der Waals surface area contributed by atoms with E-state index in [-0.39, 0.29) is 35.5 Å². The molecule has 1 saturated heterocycles. The predicted molar refractivity (Wildman–Crippen MR) is 160 cm³/mol. The van der Waals surface area contributed by atoms with Gasteiger partial charge in [-0.05, 0) is 91.8 Å². The second kappa shape index (κ2) is 12.0. The molecule has 42 heavy (non-hydrogen) atoms. The van der Waals surface area contributed by atoms with Crippen molar-refractivity contribution in [3.05, 3.63) is 58.1 Å². The van der Waals surface area contributed by atoms with Gasteiger partial charge in [0, 0.05) is 36.6 Å². The highest BCUT2D eigenvalue weighted by atomic mass is 35.5. The zero-order valence-corrected chi connectivity index (χ0v) is 25.2. The molecule has 6 rings (SSSR count). The number of hydrogen-bond donors (Lipinski definition) is 2. The van der Waals surface area contributed by atoms with Gasteiger partial charge in [0.15, 0.2) is 0 Å². The quantitative estimate of drug-likeness (QED) is 0.446. The van der Waals surface area contributed by atoms with Crippen LogP contribution in [-0.4, -0.2) is 70.4 Å². The number of halogens is 1. The Kier molecular flexibility index (Phi) is 8.45. The number of ether oxygens (including phenoxy) is 3. The molecule has 2 aliphatic heterocycles. The Bertz CT molecular complexity index is 1440. The van der Waals surface area contributed by atoms with Crippen LogP contribution in [0.5, 0.6) is 5.75 Å². The highest BCUT2D eigenvalue weighted by Crippen LogP contribution is 2.47. The Morgan fingerprint density at radius 3 is 2.81 bits per heavy atom. The van der Waals surface area contributed by atoms with E-state index in [9.17, 15) is 18.3 Å². The monoisotopic (exact) mass is 618 g/mol. The number of anilines is 1. The molecule has 4 aliphatic rings.